The molecule has 0 radical (unpaired) electrons. The third-order valence-corrected chi connectivity index (χ3v) is 7.14. The molecular weight excluding hydrogens is 361 g/mol. The van der Waals surface area contributed by atoms with Crippen LogP contribution in [0.3, 0.4) is 0 Å². The summed E-state index contributed by atoms with van der Waals surface area (Å²) in [6.07, 6.45) is 5.44. The van der Waals surface area contributed by atoms with E-state index in [0.29, 0.717) is 5.78 Å². The second-order valence-electron chi connectivity index (χ2n) is 6.67. The number of carbonyl (C=O) groups is 1. The highest BCUT2D eigenvalue weighted by Gasteiger charge is 2.28. The summed E-state index contributed by atoms with van der Waals surface area (Å²) in [4.78, 5) is 24.9. The lowest BCUT2D eigenvalue weighted by atomic mass is 9.91. The number of Topliss-reactive ketones (excluding diaryl/α,β-unsaturated/α-hetero) is 1. The monoisotopic (exact) mass is 381 g/mol. The topological polar surface area (TPSA) is 46.1 Å². The summed E-state index contributed by atoms with van der Waals surface area (Å²) in [5.41, 5.74) is 2.18. The minimum Gasteiger partial charge on any atom is -0.356 e. The summed E-state index contributed by atoms with van der Waals surface area (Å²) in [5.74, 6) is 1.41. The predicted octanol–water partition coefficient (Wildman–Crippen LogP) is 2.77. The van der Waals surface area contributed by atoms with Crippen LogP contribution in [-0.4, -0.2) is 42.9 Å². The number of benzene rings is 1. The van der Waals surface area contributed by atoms with Crippen molar-refractivity contribution < 1.29 is 4.79 Å². The molecule has 0 bridgehead atoms. The lowest BCUT2D eigenvalue weighted by Crippen LogP contribution is -2.37. The largest absolute Gasteiger partial charge is 0.356 e. The van der Waals surface area contributed by atoms with Crippen molar-refractivity contribution in [3.05, 3.63) is 41.5 Å². The molecule has 0 aliphatic carbocycles. The van der Waals surface area contributed by atoms with Gasteiger partial charge in [0, 0.05) is 24.4 Å². The lowest BCUT2D eigenvalue weighted by Gasteiger charge is -2.32. The van der Waals surface area contributed by atoms with Crippen LogP contribution in [0.4, 0.5) is 5.82 Å². The normalized spacial score (nSPS) is 15.5. The third kappa shape index (κ3) is 3.38. The molecule has 1 aliphatic heterocycles. The first-order chi connectivity index (χ1) is 12.7. The van der Waals surface area contributed by atoms with Crippen LogP contribution in [-0.2, 0) is 0 Å². The van der Waals surface area contributed by atoms with Crippen LogP contribution in [0.25, 0.3) is 10.9 Å². The maximum absolute atomic E-state index is 12.8. The van der Waals surface area contributed by atoms with E-state index in [9.17, 15) is 4.79 Å². The summed E-state index contributed by atoms with van der Waals surface area (Å²) < 4.78 is 1.20. The Morgan fingerprint density at radius 1 is 1.23 bits per heavy atom. The van der Waals surface area contributed by atoms with Crippen molar-refractivity contribution in [2.75, 3.05) is 24.2 Å². The fourth-order valence-corrected chi connectivity index (χ4v) is 5.09. The quantitative estimate of drug-likeness (QED) is 0.395. The fourth-order valence-electron chi connectivity index (χ4n) is 3.53. The lowest BCUT2D eigenvalue weighted by molar-refractivity contribution is 0.0904. The third-order valence-electron chi connectivity index (χ3n) is 4.96. The van der Waals surface area contributed by atoms with Crippen LogP contribution in [0.15, 0.2) is 40.9 Å². The number of anilines is 1. The van der Waals surface area contributed by atoms with Crippen molar-refractivity contribution in [2.24, 2.45) is 5.92 Å². The number of hydrogen-bond donors (Lipinski definition) is 0. The Labute approximate surface area is 162 Å². The molecule has 0 spiro atoms. The molecule has 0 N–H and O–H groups in total. The van der Waals surface area contributed by atoms with Gasteiger partial charge in [0.2, 0.25) is 0 Å². The van der Waals surface area contributed by atoms with E-state index >= 15 is 0 Å². The van der Waals surface area contributed by atoms with E-state index in [1.165, 1.54) is 9.67 Å². The fraction of sp³-hybridized carbons (Fsp3) is 0.316. The molecule has 3 heterocycles. The molecule has 3 aromatic rings. The summed E-state index contributed by atoms with van der Waals surface area (Å²) in [5, 5.41) is 1.10. The molecule has 0 atom stereocenters. The Morgan fingerprint density at radius 2 is 2.04 bits per heavy atom. The number of carbonyl (C=O) groups excluding carboxylic acids is 1. The molecule has 1 aromatic carbocycles. The Balaban J connectivity index is 1.50. The van der Waals surface area contributed by atoms with Gasteiger partial charge < -0.3 is 4.90 Å². The Morgan fingerprint density at radius 3 is 2.77 bits per heavy atom. The van der Waals surface area contributed by atoms with Crippen molar-refractivity contribution >= 4 is 58.9 Å². The minimum absolute atomic E-state index is 0.120. The molecule has 2 aromatic heterocycles. The molecule has 132 valence electrons. The first kappa shape index (κ1) is 17.6. The van der Waals surface area contributed by atoms with Crippen LogP contribution in [0.2, 0.25) is 0 Å². The summed E-state index contributed by atoms with van der Waals surface area (Å²) in [7, 11) is 2.09. The van der Waals surface area contributed by atoms with Gasteiger partial charge in [-0.2, -0.15) is 0 Å². The van der Waals surface area contributed by atoms with Gasteiger partial charge in [0.25, 0.3) is 0 Å². The number of rotatable bonds is 4. The molecule has 7 heteroatoms. The summed E-state index contributed by atoms with van der Waals surface area (Å²) in [6.45, 7) is 1.72. The molecule has 0 saturated carbocycles. The number of aromatic nitrogens is 2. The Bertz CT molecular complexity index is 951. The van der Waals surface area contributed by atoms with Crippen molar-refractivity contribution in [2.45, 2.75) is 17.1 Å². The highest BCUT2D eigenvalue weighted by Crippen LogP contribution is 2.31. The first-order valence-corrected chi connectivity index (χ1v) is 10.8. The molecule has 1 aliphatic rings. The van der Waals surface area contributed by atoms with E-state index in [2.05, 4.69) is 34.8 Å². The van der Waals surface area contributed by atoms with E-state index in [0.717, 1.165) is 47.5 Å². The zero-order valence-corrected chi connectivity index (χ0v) is 16.6. The SMILES string of the molecule is Bc1ccc2ncnc(N3CCC(C(=O)c4ccc(SC)s4)CC3)c2c1. The Hall–Kier alpha value is -1.86. The van der Waals surface area contributed by atoms with Gasteiger partial charge in [-0.25, -0.2) is 9.97 Å². The van der Waals surface area contributed by atoms with Gasteiger partial charge >= 0.3 is 0 Å². The van der Waals surface area contributed by atoms with E-state index < -0.39 is 0 Å². The molecule has 26 heavy (non-hydrogen) atoms. The highest BCUT2D eigenvalue weighted by atomic mass is 32.2. The van der Waals surface area contributed by atoms with Crippen molar-refractivity contribution in [1.29, 1.82) is 0 Å². The number of thioether (sulfide) groups is 1. The van der Waals surface area contributed by atoms with Gasteiger partial charge in [-0.1, -0.05) is 17.6 Å². The van der Waals surface area contributed by atoms with Gasteiger partial charge in [-0.15, -0.1) is 23.1 Å². The number of fused-ring (bicyclic) bond motifs is 1. The summed E-state index contributed by atoms with van der Waals surface area (Å²) >= 11 is 3.31. The van der Waals surface area contributed by atoms with Gasteiger partial charge in [0.1, 0.15) is 20.0 Å². The highest BCUT2D eigenvalue weighted by molar-refractivity contribution is 8.00. The van der Waals surface area contributed by atoms with Gasteiger partial charge in [-0.05, 0) is 37.3 Å². The average molecular weight is 381 g/mol. The molecule has 4 rings (SSSR count). The smallest absolute Gasteiger partial charge is 0.176 e. The molecule has 0 unspecified atom stereocenters. The van der Waals surface area contributed by atoms with Gasteiger partial charge in [0.05, 0.1) is 14.6 Å². The molecular formula is C19H20BN3OS2. The van der Waals surface area contributed by atoms with Crippen LogP contribution in [0.5, 0.6) is 0 Å². The maximum Gasteiger partial charge on any atom is 0.176 e. The van der Waals surface area contributed by atoms with E-state index in [4.69, 9.17) is 0 Å². The maximum atomic E-state index is 12.8. The van der Waals surface area contributed by atoms with E-state index in [1.807, 2.05) is 24.5 Å². The van der Waals surface area contributed by atoms with E-state index in [1.54, 1.807) is 29.4 Å². The predicted molar refractivity (Wildman–Crippen MR) is 113 cm³/mol. The van der Waals surface area contributed by atoms with Crippen LogP contribution < -0.4 is 10.4 Å². The number of thiophene rings is 1. The minimum atomic E-state index is 0.120. The van der Waals surface area contributed by atoms with Crippen LogP contribution in [0.1, 0.15) is 22.5 Å². The first-order valence-electron chi connectivity index (χ1n) is 8.80. The zero-order chi connectivity index (χ0) is 18.1. The van der Waals surface area contributed by atoms with Gasteiger partial charge in [-0.3, -0.25) is 4.79 Å². The van der Waals surface area contributed by atoms with Gasteiger partial charge in [0.15, 0.2) is 5.78 Å². The molecule has 0 amide bonds. The average Bonchev–Trinajstić information content (AvgIpc) is 3.16. The molecule has 1 saturated heterocycles. The zero-order valence-electron chi connectivity index (χ0n) is 14.9. The standard InChI is InChI=1S/C19H20BN3OS2/c1-25-17-5-4-16(26-17)18(24)12-6-8-23(9-7-12)19-14-10-13(20)2-3-15(14)21-11-22-19/h2-5,10-12H,6-9,20H2,1H3. The molecule has 4 nitrogen and oxygen atoms in total. The van der Waals surface area contributed by atoms with Crippen molar-refractivity contribution in [3.63, 3.8) is 0 Å². The van der Waals surface area contributed by atoms with Crippen LogP contribution >= 0.6 is 23.1 Å². The number of piperidine rings is 1. The summed E-state index contributed by atoms with van der Waals surface area (Å²) in [6, 6.07) is 10.3. The number of ketones is 1. The Kier molecular flexibility index (Phi) is 5.00. The molecule has 1 fully saturated rings. The van der Waals surface area contributed by atoms with E-state index in [-0.39, 0.29) is 5.92 Å². The van der Waals surface area contributed by atoms with Crippen molar-refractivity contribution in [1.82, 2.24) is 9.97 Å². The van der Waals surface area contributed by atoms with Crippen LogP contribution in [0, 0.1) is 5.92 Å². The second kappa shape index (κ2) is 7.41. The van der Waals surface area contributed by atoms with Crippen molar-refractivity contribution in [3.8, 4) is 0 Å². The number of nitrogens with zero attached hydrogens (tertiary/aromatic N) is 3. The number of hydrogen-bond acceptors (Lipinski definition) is 6. The second-order valence-corrected chi connectivity index (χ2v) is 8.86.